The predicted octanol–water partition coefficient (Wildman–Crippen LogP) is 2.57. The Morgan fingerprint density at radius 2 is 2.50 bits per heavy atom. The van der Waals surface area contributed by atoms with Crippen LogP contribution in [0.15, 0.2) is 17.5 Å². The van der Waals surface area contributed by atoms with Gasteiger partial charge in [0.2, 0.25) is 0 Å². The fraction of sp³-hybridized carbons (Fsp3) is 0.500. The van der Waals surface area contributed by atoms with Crippen LogP contribution in [0.4, 0.5) is 5.00 Å². The maximum Gasteiger partial charge on any atom is 0.0882 e. The van der Waals surface area contributed by atoms with Gasteiger partial charge in [-0.1, -0.05) is 0 Å². The van der Waals surface area contributed by atoms with Gasteiger partial charge in [0.1, 0.15) is 0 Å². The molecule has 0 aromatic carbocycles. The summed E-state index contributed by atoms with van der Waals surface area (Å²) in [5.41, 5.74) is 0. The number of hydrogen-bond donors (Lipinski definition) is 1. The summed E-state index contributed by atoms with van der Waals surface area (Å²) >= 11 is 1.78. The molecule has 1 saturated carbocycles. The molecule has 1 aromatic heterocycles. The number of nitrogens with one attached hydrogen (secondary N) is 1. The molecule has 1 aromatic rings. The van der Waals surface area contributed by atoms with E-state index in [2.05, 4.69) is 22.8 Å². The van der Waals surface area contributed by atoms with Gasteiger partial charge in [-0.2, -0.15) is 0 Å². The number of hydrogen-bond acceptors (Lipinski definition) is 2. The van der Waals surface area contributed by atoms with Crippen LogP contribution < -0.4 is 5.32 Å². The van der Waals surface area contributed by atoms with E-state index in [1.807, 2.05) is 0 Å². The van der Waals surface area contributed by atoms with Gasteiger partial charge in [-0.25, -0.2) is 0 Å². The van der Waals surface area contributed by atoms with E-state index < -0.39 is 0 Å². The zero-order valence-electron chi connectivity index (χ0n) is 5.84. The second-order valence-corrected chi connectivity index (χ2v) is 3.75. The average molecular weight is 153 g/mol. The maximum atomic E-state index is 3.41. The van der Waals surface area contributed by atoms with Crippen molar-refractivity contribution in [1.29, 1.82) is 0 Å². The molecule has 1 aliphatic rings. The normalized spacial score (nSPS) is 17.2. The highest BCUT2D eigenvalue weighted by Gasteiger charge is 2.20. The van der Waals surface area contributed by atoms with Crippen molar-refractivity contribution in [3.05, 3.63) is 17.5 Å². The molecule has 2 heteroatoms. The van der Waals surface area contributed by atoms with Gasteiger partial charge in [0.05, 0.1) is 5.00 Å². The second kappa shape index (κ2) is 2.62. The van der Waals surface area contributed by atoms with Gasteiger partial charge in [0.15, 0.2) is 0 Å². The Balaban J connectivity index is 1.79. The highest BCUT2D eigenvalue weighted by molar-refractivity contribution is 7.14. The van der Waals surface area contributed by atoms with Crippen LogP contribution in [0, 0.1) is 5.92 Å². The standard InChI is InChI=1S/C8H11NS/c1-2-8(10-5-1)9-6-7-3-4-7/h1-2,5,7,9H,3-4,6H2. The van der Waals surface area contributed by atoms with Gasteiger partial charge < -0.3 is 5.32 Å². The van der Waals surface area contributed by atoms with Gasteiger partial charge in [-0.3, -0.25) is 0 Å². The third-order valence-electron chi connectivity index (χ3n) is 1.78. The van der Waals surface area contributed by atoms with Crippen molar-refractivity contribution >= 4 is 16.3 Å². The first-order valence-corrected chi connectivity index (χ1v) is 4.60. The van der Waals surface area contributed by atoms with Crippen LogP contribution in [0.1, 0.15) is 12.8 Å². The Kier molecular flexibility index (Phi) is 1.63. The molecular formula is C8H11NS. The van der Waals surface area contributed by atoms with Crippen LogP contribution in [-0.2, 0) is 0 Å². The third-order valence-corrected chi connectivity index (χ3v) is 2.61. The molecule has 0 spiro atoms. The smallest absolute Gasteiger partial charge is 0.0882 e. The monoisotopic (exact) mass is 153 g/mol. The molecule has 2 rings (SSSR count). The molecule has 54 valence electrons. The molecular weight excluding hydrogens is 142 g/mol. The van der Waals surface area contributed by atoms with Gasteiger partial charge in [-0.15, -0.1) is 11.3 Å². The van der Waals surface area contributed by atoms with E-state index >= 15 is 0 Å². The predicted molar refractivity (Wildman–Crippen MR) is 45.5 cm³/mol. The molecule has 0 unspecified atom stereocenters. The Labute approximate surface area is 65.1 Å². The lowest BCUT2D eigenvalue weighted by molar-refractivity contribution is 0.892. The highest BCUT2D eigenvalue weighted by Crippen LogP contribution is 2.29. The van der Waals surface area contributed by atoms with Gasteiger partial charge in [0.25, 0.3) is 0 Å². The Morgan fingerprint density at radius 1 is 1.60 bits per heavy atom. The summed E-state index contributed by atoms with van der Waals surface area (Å²) in [5.74, 6) is 0.974. The van der Waals surface area contributed by atoms with Crippen LogP contribution >= 0.6 is 11.3 Å². The average Bonchev–Trinajstić information content (AvgIpc) is 2.63. The minimum atomic E-state index is 0.974. The van der Waals surface area contributed by atoms with Crippen LogP contribution in [0.5, 0.6) is 0 Å². The van der Waals surface area contributed by atoms with E-state index in [4.69, 9.17) is 0 Å². The van der Waals surface area contributed by atoms with Crippen molar-refractivity contribution in [3.8, 4) is 0 Å². The van der Waals surface area contributed by atoms with Crippen molar-refractivity contribution < 1.29 is 0 Å². The molecule has 1 fully saturated rings. The van der Waals surface area contributed by atoms with Crippen molar-refractivity contribution in [1.82, 2.24) is 0 Å². The minimum absolute atomic E-state index is 0.974. The first-order chi connectivity index (χ1) is 4.95. The van der Waals surface area contributed by atoms with E-state index in [0.29, 0.717) is 0 Å². The Morgan fingerprint density at radius 3 is 3.10 bits per heavy atom. The molecule has 1 aliphatic carbocycles. The zero-order chi connectivity index (χ0) is 6.81. The fourth-order valence-electron chi connectivity index (χ4n) is 0.946. The SMILES string of the molecule is c1csc(NCC2CC2)c1. The number of anilines is 1. The van der Waals surface area contributed by atoms with E-state index in [1.165, 1.54) is 24.4 Å². The summed E-state index contributed by atoms with van der Waals surface area (Å²) in [6.45, 7) is 1.18. The van der Waals surface area contributed by atoms with Crippen LogP contribution in [0.3, 0.4) is 0 Å². The minimum Gasteiger partial charge on any atom is -0.377 e. The fourth-order valence-corrected chi connectivity index (χ4v) is 1.57. The molecule has 0 atom stereocenters. The van der Waals surface area contributed by atoms with Gasteiger partial charge in [-0.05, 0) is 36.3 Å². The van der Waals surface area contributed by atoms with E-state index in [0.717, 1.165) is 5.92 Å². The lowest BCUT2D eigenvalue weighted by Crippen LogP contribution is -2.00. The number of thiophene rings is 1. The zero-order valence-corrected chi connectivity index (χ0v) is 6.66. The molecule has 0 radical (unpaired) electrons. The maximum absolute atomic E-state index is 3.41. The molecule has 0 saturated heterocycles. The van der Waals surface area contributed by atoms with Gasteiger partial charge in [0, 0.05) is 6.54 Å². The van der Waals surface area contributed by atoms with Crippen molar-refractivity contribution in [3.63, 3.8) is 0 Å². The highest BCUT2D eigenvalue weighted by atomic mass is 32.1. The molecule has 1 N–H and O–H groups in total. The van der Waals surface area contributed by atoms with E-state index in [9.17, 15) is 0 Å². The van der Waals surface area contributed by atoms with Crippen LogP contribution in [0.25, 0.3) is 0 Å². The Hall–Kier alpha value is -0.500. The van der Waals surface area contributed by atoms with E-state index in [-0.39, 0.29) is 0 Å². The molecule has 0 aliphatic heterocycles. The quantitative estimate of drug-likeness (QED) is 0.703. The van der Waals surface area contributed by atoms with Crippen molar-refractivity contribution in [2.75, 3.05) is 11.9 Å². The summed E-state index contributed by atoms with van der Waals surface area (Å²) in [6.07, 6.45) is 2.86. The molecule has 0 amide bonds. The summed E-state index contributed by atoms with van der Waals surface area (Å²) < 4.78 is 0. The molecule has 1 nitrogen and oxygen atoms in total. The summed E-state index contributed by atoms with van der Waals surface area (Å²) in [6, 6.07) is 4.22. The van der Waals surface area contributed by atoms with Crippen molar-refractivity contribution in [2.24, 2.45) is 5.92 Å². The van der Waals surface area contributed by atoms with Crippen molar-refractivity contribution in [2.45, 2.75) is 12.8 Å². The molecule has 10 heavy (non-hydrogen) atoms. The lowest BCUT2D eigenvalue weighted by Gasteiger charge is -1.98. The number of rotatable bonds is 3. The summed E-state index contributed by atoms with van der Waals surface area (Å²) in [5, 5.41) is 6.82. The first-order valence-electron chi connectivity index (χ1n) is 3.72. The van der Waals surface area contributed by atoms with E-state index in [1.54, 1.807) is 11.3 Å². The topological polar surface area (TPSA) is 12.0 Å². The van der Waals surface area contributed by atoms with Crippen LogP contribution in [-0.4, -0.2) is 6.54 Å². The third kappa shape index (κ3) is 1.51. The molecule has 1 heterocycles. The van der Waals surface area contributed by atoms with Gasteiger partial charge >= 0.3 is 0 Å². The summed E-state index contributed by atoms with van der Waals surface area (Å²) in [7, 11) is 0. The summed E-state index contributed by atoms with van der Waals surface area (Å²) in [4.78, 5) is 0. The first kappa shape index (κ1) is 6.23. The van der Waals surface area contributed by atoms with Crippen LogP contribution in [0.2, 0.25) is 0 Å². The lowest BCUT2D eigenvalue weighted by atomic mass is 10.4. The second-order valence-electron chi connectivity index (χ2n) is 2.80. The molecule has 0 bridgehead atoms. The Bertz CT molecular complexity index is 189. The largest absolute Gasteiger partial charge is 0.377 e.